The van der Waals surface area contributed by atoms with Crippen molar-refractivity contribution >= 4 is 21.7 Å². The predicted molar refractivity (Wildman–Crippen MR) is 70.2 cm³/mol. The molecular weight excluding hydrogens is 286 g/mol. The van der Waals surface area contributed by atoms with Crippen molar-refractivity contribution in [1.29, 1.82) is 0 Å². The second-order valence-corrected chi connectivity index (χ2v) is 4.88. The smallest absolute Gasteiger partial charge is 0.134 e. The molecule has 0 aliphatic rings. The Bertz CT molecular complexity index is 361. The molecule has 0 aliphatic heterocycles. The van der Waals surface area contributed by atoms with Gasteiger partial charge in [0.2, 0.25) is 0 Å². The van der Waals surface area contributed by atoms with Gasteiger partial charge in [-0.2, -0.15) is 0 Å². The lowest BCUT2D eigenvalue weighted by Crippen LogP contribution is -2.29. The molecule has 96 valence electrons. The molecule has 0 fully saturated rings. The molecule has 0 aliphatic carbocycles. The van der Waals surface area contributed by atoms with Crippen LogP contribution in [0.2, 0.25) is 0 Å². The van der Waals surface area contributed by atoms with Crippen LogP contribution in [0.1, 0.15) is 25.6 Å². The summed E-state index contributed by atoms with van der Waals surface area (Å²) in [6.45, 7) is 4.48. The van der Waals surface area contributed by atoms with Crippen LogP contribution in [0.3, 0.4) is 0 Å². The summed E-state index contributed by atoms with van der Waals surface area (Å²) in [6.07, 6.45) is 0. The van der Waals surface area contributed by atoms with Gasteiger partial charge in [-0.15, -0.1) is 0 Å². The van der Waals surface area contributed by atoms with E-state index < -0.39 is 0 Å². The topological polar surface area (TPSA) is 67.3 Å². The van der Waals surface area contributed by atoms with Gasteiger partial charge in [0, 0.05) is 19.1 Å². The molecular formula is C11H18BrN3O2. The number of methoxy groups -OCH3 is 1. The molecule has 0 aromatic carbocycles. The highest BCUT2D eigenvalue weighted by atomic mass is 79.9. The van der Waals surface area contributed by atoms with E-state index in [1.807, 2.05) is 13.8 Å². The number of nitrogens with zero attached hydrogens (tertiary/aromatic N) is 2. The van der Waals surface area contributed by atoms with E-state index in [2.05, 4.69) is 31.2 Å². The van der Waals surface area contributed by atoms with Crippen molar-refractivity contribution in [3.8, 4) is 0 Å². The zero-order chi connectivity index (χ0) is 12.8. The molecule has 1 aromatic rings. The molecule has 1 heterocycles. The van der Waals surface area contributed by atoms with E-state index in [1.54, 1.807) is 13.2 Å². The summed E-state index contributed by atoms with van der Waals surface area (Å²) in [7, 11) is 1.60. The first-order valence-electron chi connectivity index (χ1n) is 5.47. The van der Waals surface area contributed by atoms with E-state index in [0.717, 1.165) is 10.4 Å². The van der Waals surface area contributed by atoms with E-state index >= 15 is 0 Å². The van der Waals surface area contributed by atoms with Crippen LogP contribution < -0.4 is 5.32 Å². The Balaban J connectivity index is 2.82. The maximum Gasteiger partial charge on any atom is 0.134 e. The molecule has 1 aromatic heterocycles. The molecule has 0 amide bonds. The van der Waals surface area contributed by atoms with Crippen molar-refractivity contribution in [2.24, 2.45) is 0 Å². The molecule has 0 bridgehead atoms. The van der Waals surface area contributed by atoms with Crippen LogP contribution in [-0.4, -0.2) is 41.4 Å². The number of anilines is 1. The minimum absolute atomic E-state index is 0.00747. The zero-order valence-corrected chi connectivity index (χ0v) is 11.9. The third-order valence-electron chi connectivity index (χ3n) is 2.17. The maximum atomic E-state index is 9.17. The highest BCUT2D eigenvalue weighted by Gasteiger charge is 2.11. The normalized spacial score (nSPS) is 12.8. The molecule has 2 N–H and O–H groups in total. The summed E-state index contributed by atoms with van der Waals surface area (Å²) < 4.78 is 5.73. The Hall–Kier alpha value is -0.720. The van der Waals surface area contributed by atoms with Crippen LogP contribution in [-0.2, 0) is 4.74 Å². The summed E-state index contributed by atoms with van der Waals surface area (Å²) >= 11 is 3.35. The van der Waals surface area contributed by atoms with Crippen LogP contribution in [0.25, 0.3) is 0 Å². The Labute approximate surface area is 110 Å². The van der Waals surface area contributed by atoms with Crippen LogP contribution in [0.4, 0.5) is 5.82 Å². The van der Waals surface area contributed by atoms with Crippen molar-refractivity contribution in [1.82, 2.24) is 9.97 Å². The number of nitrogens with one attached hydrogen (secondary N) is 1. The second-order valence-electron chi connectivity index (χ2n) is 4.07. The van der Waals surface area contributed by atoms with Gasteiger partial charge in [-0.25, -0.2) is 9.97 Å². The van der Waals surface area contributed by atoms with Gasteiger partial charge in [-0.05, 0) is 15.9 Å². The van der Waals surface area contributed by atoms with Gasteiger partial charge in [-0.3, -0.25) is 0 Å². The van der Waals surface area contributed by atoms with Crippen LogP contribution in [0.5, 0.6) is 0 Å². The highest BCUT2D eigenvalue weighted by molar-refractivity contribution is 9.10. The van der Waals surface area contributed by atoms with Gasteiger partial charge in [-0.1, -0.05) is 13.8 Å². The highest BCUT2D eigenvalue weighted by Crippen LogP contribution is 2.17. The average Bonchev–Trinajstić information content (AvgIpc) is 2.27. The van der Waals surface area contributed by atoms with Gasteiger partial charge in [0.25, 0.3) is 0 Å². The van der Waals surface area contributed by atoms with Gasteiger partial charge in [0.1, 0.15) is 16.2 Å². The summed E-state index contributed by atoms with van der Waals surface area (Å²) in [5, 5.41) is 12.3. The first kappa shape index (κ1) is 14.3. The van der Waals surface area contributed by atoms with Crippen molar-refractivity contribution in [2.45, 2.75) is 25.8 Å². The minimum atomic E-state index is -0.165. The third-order valence-corrected chi connectivity index (χ3v) is 2.58. The molecule has 0 spiro atoms. The Morgan fingerprint density at radius 3 is 2.71 bits per heavy atom. The predicted octanol–water partition coefficient (Wildman–Crippen LogP) is 1.78. The van der Waals surface area contributed by atoms with Crippen molar-refractivity contribution in [2.75, 3.05) is 25.6 Å². The van der Waals surface area contributed by atoms with Gasteiger partial charge >= 0.3 is 0 Å². The number of rotatable bonds is 6. The average molecular weight is 304 g/mol. The number of halogens is 1. The van der Waals surface area contributed by atoms with E-state index in [0.29, 0.717) is 12.4 Å². The quantitative estimate of drug-likeness (QED) is 0.784. The third kappa shape index (κ3) is 4.57. The van der Waals surface area contributed by atoms with Gasteiger partial charge < -0.3 is 15.2 Å². The summed E-state index contributed by atoms with van der Waals surface area (Å²) in [5.74, 6) is 1.70. The monoisotopic (exact) mass is 303 g/mol. The largest absolute Gasteiger partial charge is 0.394 e. The molecule has 17 heavy (non-hydrogen) atoms. The van der Waals surface area contributed by atoms with Crippen LogP contribution in [0, 0.1) is 0 Å². The number of hydrogen-bond donors (Lipinski definition) is 2. The molecule has 0 saturated heterocycles. The van der Waals surface area contributed by atoms with E-state index in [4.69, 9.17) is 9.84 Å². The first-order valence-corrected chi connectivity index (χ1v) is 6.27. The summed E-state index contributed by atoms with van der Waals surface area (Å²) in [4.78, 5) is 8.67. The molecule has 1 rings (SSSR count). The fourth-order valence-electron chi connectivity index (χ4n) is 1.32. The Kier molecular flexibility index (Phi) is 5.80. The fourth-order valence-corrected chi connectivity index (χ4v) is 1.72. The standard InChI is InChI=1S/C11H18BrN3O2/c1-7(2)11-14-9(12)4-10(15-11)13-8(5-16)6-17-3/h4,7-8,16H,5-6H2,1-3H3,(H,13,14,15). The second kappa shape index (κ2) is 6.88. The van der Waals surface area contributed by atoms with Crippen molar-refractivity contribution in [3.63, 3.8) is 0 Å². The number of ether oxygens (including phenoxy) is 1. The zero-order valence-electron chi connectivity index (χ0n) is 10.3. The SMILES string of the molecule is COCC(CO)Nc1cc(Br)nc(C(C)C)n1. The van der Waals surface area contributed by atoms with Crippen molar-refractivity contribution < 1.29 is 9.84 Å². The summed E-state index contributed by atoms with van der Waals surface area (Å²) in [5.41, 5.74) is 0. The molecule has 6 heteroatoms. The summed E-state index contributed by atoms with van der Waals surface area (Å²) in [6, 6.07) is 1.62. The molecule has 1 atom stereocenters. The Morgan fingerprint density at radius 2 is 2.18 bits per heavy atom. The van der Waals surface area contributed by atoms with Crippen LogP contribution >= 0.6 is 15.9 Å². The lowest BCUT2D eigenvalue weighted by molar-refractivity contribution is 0.153. The first-order chi connectivity index (χ1) is 8.06. The Morgan fingerprint density at radius 1 is 1.47 bits per heavy atom. The maximum absolute atomic E-state index is 9.17. The molecule has 5 nitrogen and oxygen atoms in total. The molecule has 0 radical (unpaired) electrons. The lowest BCUT2D eigenvalue weighted by Gasteiger charge is -2.16. The van der Waals surface area contributed by atoms with E-state index in [1.165, 1.54) is 0 Å². The fraction of sp³-hybridized carbons (Fsp3) is 0.636. The van der Waals surface area contributed by atoms with Gasteiger partial charge in [0.05, 0.1) is 19.3 Å². The lowest BCUT2D eigenvalue weighted by atomic mass is 10.2. The number of aliphatic hydroxyl groups excluding tert-OH is 1. The molecule has 0 saturated carbocycles. The number of aromatic nitrogens is 2. The number of aliphatic hydroxyl groups is 1. The number of hydrogen-bond acceptors (Lipinski definition) is 5. The van der Waals surface area contributed by atoms with Crippen molar-refractivity contribution in [3.05, 3.63) is 16.5 Å². The minimum Gasteiger partial charge on any atom is -0.394 e. The van der Waals surface area contributed by atoms with E-state index in [9.17, 15) is 0 Å². The van der Waals surface area contributed by atoms with E-state index in [-0.39, 0.29) is 18.6 Å². The van der Waals surface area contributed by atoms with Gasteiger partial charge in [0.15, 0.2) is 0 Å². The molecule has 1 unspecified atom stereocenters. The van der Waals surface area contributed by atoms with Crippen LogP contribution in [0.15, 0.2) is 10.7 Å².